The molecule has 0 saturated carbocycles. The first-order valence-corrected chi connectivity index (χ1v) is 8.76. The second kappa shape index (κ2) is 5.74. The molecule has 2 nitrogen and oxygen atoms in total. The van der Waals surface area contributed by atoms with Gasteiger partial charge in [0.2, 0.25) is 0 Å². The van der Waals surface area contributed by atoms with Gasteiger partial charge in [0.1, 0.15) is 0 Å². The monoisotopic (exact) mass is 368 g/mol. The summed E-state index contributed by atoms with van der Waals surface area (Å²) >= 11 is 24.2. The Kier molecular flexibility index (Phi) is 4.57. The van der Waals surface area contributed by atoms with Gasteiger partial charge in [-0.15, -0.1) is 0 Å². The lowest BCUT2D eigenvalue weighted by Crippen LogP contribution is -2.00. The van der Waals surface area contributed by atoms with E-state index >= 15 is 0 Å². The summed E-state index contributed by atoms with van der Waals surface area (Å²) in [6, 6.07) is 8.30. The van der Waals surface area contributed by atoms with Gasteiger partial charge in [0.15, 0.2) is 9.84 Å². The zero-order valence-electron chi connectivity index (χ0n) is 10.1. The predicted octanol–water partition coefficient (Wildman–Crippen LogP) is 5.37. The van der Waals surface area contributed by atoms with Crippen molar-refractivity contribution in [3.05, 3.63) is 50.4 Å². The third kappa shape index (κ3) is 2.92. The van der Waals surface area contributed by atoms with Gasteiger partial charge in [-0.25, -0.2) is 8.42 Å². The summed E-state index contributed by atoms with van der Waals surface area (Å²) in [5.74, 6) is 0. The van der Waals surface area contributed by atoms with Gasteiger partial charge in [-0.2, -0.15) is 0 Å². The van der Waals surface area contributed by atoms with E-state index in [1.54, 1.807) is 24.3 Å². The van der Waals surface area contributed by atoms with Crippen LogP contribution in [-0.4, -0.2) is 14.7 Å². The van der Waals surface area contributed by atoms with Crippen LogP contribution in [0.1, 0.15) is 0 Å². The summed E-state index contributed by atoms with van der Waals surface area (Å²) in [7, 11) is -3.53. The van der Waals surface area contributed by atoms with Crippen LogP contribution in [0.3, 0.4) is 0 Å². The lowest BCUT2D eigenvalue weighted by atomic mass is 10.1. The van der Waals surface area contributed by atoms with Crippen molar-refractivity contribution in [3.8, 4) is 11.1 Å². The van der Waals surface area contributed by atoms with Gasteiger partial charge in [0, 0.05) is 22.4 Å². The molecule has 106 valence electrons. The third-order valence-electron chi connectivity index (χ3n) is 2.68. The molecule has 0 aliphatic carbocycles. The van der Waals surface area contributed by atoms with Crippen LogP contribution in [-0.2, 0) is 9.84 Å². The van der Waals surface area contributed by atoms with E-state index in [-0.39, 0.29) is 20.0 Å². The zero-order valence-corrected chi connectivity index (χ0v) is 14.0. The fourth-order valence-electron chi connectivity index (χ4n) is 1.73. The van der Waals surface area contributed by atoms with Crippen molar-refractivity contribution in [3.63, 3.8) is 0 Å². The Hall–Kier alpha value is -0.450. The van der Waals surface area contributed by atoms with E-state index in [1.807, 2.05) is 0 Å². The molecule has 0 amide bonds. The van der Waals surface area contributed by atoms with E-state index in [1.165, 1.54) is 6.07 Å². The van der Waals surface area contributed by atoms with Crippen molar-refractivity contribution in [2.45, 2.75) is 4.90 Å². The van der Waals surface area contributed by atoms with Crippen LogP contribution in [0.25, 0.3) is 11.1 Å². The summed E-state index contributed by atoms with van der Waals surface area (Å²) in [6.45, 7) is 0. The lowest BCUT2D eigenvalue weighted by Gasteiger charge is -2.12. The Morgan fingerprint density at radius 1 is 0.850 bits per heavy atom. The zero-order chi connectivity index (χ0) is 15.1. The molecule has 0 unspecified atom stereocenters. The molecule has 7 heteroatoms. The van der Waals surface area contributed by atoms with Crippen molar-refractivity contribution in [1.29, 1.82) is 0 Å². The van der Waals surface area contributed by atoms with Crippen molar-refractivity contribution in [1.82, 2.24) is 0 Å². The van der Waals surface area contributed by atoms with E-state index in [0.717, 1.165) is 6.26 Å². The molecule has 0 atom stereocenters. The summed E-state index contributed by atoms with van der Waals surface area (Å²) in [4.78, 5) is -0.0801. The van der Waals surface area contributed by atoms with Gasteiger partial charge in [0.05, 0.1) is 20.0 Å². The second-order valence-corrected chi connectivity index (χ2v) is 7.64. The van der Waals surface area contributed by atoms with E-state index < -0.39 is 9.84 Å². The number of halogens is 4. The Morgan fingerprint density at radius 3 is 2.00 bits per heavy atom. The van der Waals surface area contributed by atoms with E-state index in [9.17, 15) is 8.42 Å². The molecule has 0 spiro atoms. The standard InChI is InChI=1S/C13H8Cl4O2S/c1-20(18,19)10-6-8(11(15)13(17)12(10)16)7-4-2-3-5-9(7)14/h2-6H,1H3. The maximum absolute atomic E-state index is 11.8. The largest absolute Gasteiger partial charge is 0.224 e. The predicted molar refractivity (Wildman–Crippen MR) is 85.0 cm³/mol. The average Bonchev–Trinajstić information content (AvgIpc) is 2.36. The minimum atomic E-state index is -3.53. The summed E-state index contributed by atoms with van der Waals surface area (Å²) in [6.07, 6.45) is 1.05. The van der Waals surface area contributed by atoms with Crippen LogP contribution in [0.2, 0.25) is 20.1 Å². The van der Waals surface area contributed by atoms with Crippen molar-refractivity contribution < 1.29 is 8.42 Å². The van der Waals surface area contributed by atoms with Gasteiger partial charge in [-0.1, -0.05) is 64.6 Å². The van der Waals surface area contributed by atoms with Gasteiger partial charge >= 0.3 is 0 Å². The maximum Gasteiger partial charge on any atom is 0.177 e. The molecule has 0 bridgehead atoms. The van der Waals surface area contributed by atoms with Crippen LogP contribution >= 0.6 is 46.4 Å². The number of hydrogen-bond donors (Lipinski definition) is 0. The van der Waals surface area contributed by atoms with Gasteiger partial charge in [0.25, 0.3) is 0 Å². The molecule has 2 aromatic rings. The molecule has 2 aromatic carbocycles. The number of hydrogen-bond acceptors (Lipinski definition) is 2. The average molecular weight is 370 g/mol. The van der Waals surface area contributed by atoms with E-state index in [0.29, 0.717) is 16.1 Å². The molecule has 0 aromatic heterocycles. The van der Waals surface area contributed by atoms with Gasteiger partial charge in [-0.3, -0.25) is 0 Å². The van der Waals surface area contributed by atoms with Gasteiger partial charge in [-0.05, 0) is 12.1 Å². The molecule has 20 heavy (non-hydrogen) atoms. The van der Waals surface area contributed by atoms with Gasteiger partial charge < -0.3 is 0 Å². The quantitative estimate of drug-likeness (QED) is 0.666. The Morgan fingerprint density at radius 2 is 1.45 bits per heavy atom. The lowest BCUT2D eigenvalue weighted by molar-refractivity contribution is 0.602. The highest BCUT2D eigenvalue weighted by Crippen LogP contribution is 2.43. The topological polar surface area (TPSA) is 34.1 Å². The molecule has 0 saturated heterocycles. The summed E-state index contributed by atoms with van der Waals surface area (Å²) in [5.41, 5.74) is 1.01. The van der Waals surface area contributed by atoms with Crippen LogP contribution < -0.4 is 0 Å². The molecule has 0 fully saturated rings. The van der Waals surface area contributed by atoms with Crippen LogP contribution in [0, 0.1) is 0 Å². The number of sulfone groups is 1. The smallest absolute Gasteiger partial charge is 0.177 e. The Balaban J connectivity index is 2.86. The van der Waals surface area contributed by atoms with Crippen LogP contribution in [0.15, 0.2) is 35.2 Å². The molecule has 0 heterocycles. The second-order valence-electron chi connectivity index (χ2n) is 4.12. The summed E-state index contributed by atoms with van der Waals surface area (Å²) in [5, 5.41) is 0.505. The van der Waals surface area contributed by atoms with Crippen LogP contribution in [0.5, 0.6) is 0 Å². The van der Waals surface area contributed by atoms with Crippen LogP contribution in [0.4, 0.5) is 0 Å². The molecule has 0 aliphatic heterocycles. The first-order chi connectivity index (χ1) is 9.23. The molecule has 0 radical (unpaired) electrons. The molecule has 0 N–H and O–H groups in total. The Bertz CT molecular complexity index is 785. The molecule has 0 aliphatic rings. The SMILES string of the molecule is CS(=O)(=O)c1cc(-c2ccccc2Cl)c(Cl)c(Cl)c1Cl. The molecular formula is C13H8Cl4O2S. The molecule has 2 rings (SSSR count). The first-order valence-electron chi connectivity index (χ1n) is 5.36. The number of benzene rings is 2. The normalized spacial score (nSPS) is 11.7. The van der Waals surface area contributed by atoms with Crippen molar-refractivity contribution in [2.75, 3.05) is 6.26 Å². The maximum atomic E-state index is 11.8. The van der Waals surface area contributed by atoms with E-state index in [2.05, 4.69) is 0 Å². The third-order valence-corrected chi connectivity index (χ3v) is 5.60. The van der Waals surface area contributed by atoms with Crippen molar-refractivity contribution >= 4 is 56.2 Å². The number of rotatable bonds is 2. The van der Waals surface area contributed by atoms with E-state index in [4.69, 9.17) is 46.4 Å². The minimum Gasteiger partial charge on any atom is -0.224 e. The first kappa shape index (κ1) is 15.9. The van der Waals surface area contributed by atoms with Crippen molar-refractivity contribution in [2.24, 2.45) is 0 Å². The highest BCUT2D eigenvalue weighted by molar-refractivity contribution is 7.90. The summed E-state index contributed by atoms with van der Waals surface area (Å²) < 4.78 is 23.5. The minimum absolute atomic E-state index is 0.00817. The highest BCUT2D eigenvalue weighted by atomic mass is 35.5. The molecular weight excluding hydrogens is 362 g/mol. The fraction of sp³-hybridized carbons (Fsp3) is 0.0769. The Labute approximate surface area is 137 Å². The highest BCUT2D eigenvalue weighted by Gasteiger charge is 2.21. The fourth-order valence-corrected chi connectivity index (χ4v) is 3.85.